The van der Waals surface area contributed by atoms with E-state index in [1.165, 1.54) is 44.1 Å². The van der Waals surface area contributed by atoms with E-state index in [0.29, 0.717) is 16.4 Å². The zero-order chi connectivity index (χ0) is 17.9. The molecule has 1 aromatic rings. The zero-order valence-electron chi connectivity index (χ0n) is 15.9. The van der Waals surface area contributed by atoms with Crippen LogP contribution in [0.2, 0.25) is 0 Å². The number of rotatable bonds is 5. The Morgan fingerprint density at radius 1 is 1.00 bits per heavy atom. The molecule has 0 aromatic heterocycles. The van der Waals surface area contributed by atoms with Crippen molar-refractivity contribution in [2.24, 2.45) is 16.7 Å². The third-order valence-corrected chi connectivity index (χ3v) is 7.57. The molecule has 4 fully saturated rings. The van der Waals surface area contributed by atoms with Crippen LogP contribution < -0.4 is 14.8 Å². The quantitative estimate of drug-likeness (QED) is 0.717. The topological polar surface area (TPSA) is 30.5 Å². The van der Waals surface area contributed by atoms with Gasteiger partial charge in [-0.05, 0) is 73.0 Å². The average Bonchev–Trinajstić information content (AvgIpc) is 2.49. The van der Waals surface area contributed by atoms with E-state index in [9.17, 15) is 0 Å². The Bertz CT molecular complexity index is 671. The molecule has 0 radical (unpaired) electrons. The van der Waals surface area contributed by atoms with E-state index in [1.807, 2.05) is 6.07 Å². The lowest BCUT2D eigenvalue weighted by atomic mass is 9.43. The molecule has 3 nitrogen and oxygen atoms in total. The highest BCUT2D eigenvalue weighted by molar-refractivity contribution is 9.10. The van der Waals surface area contributed by atoms with Gasteiger partial charge < -0.3 is 14.8 Å². The lowest BCUT2D eigenvalue weighted by molar-refractivity contribution is -0.118. The summed E-state index contributed by atoms with van der Waals surface area (Å²) in [6.45, 7) is 5.93. The fourth-order valence-electron chi connectivity index (χ4n) is 6.96. The predicted octanol–water partition coefficient (Wildman–Crippen LogP) is 5.30. The molecule has 2 unspecified atom stereocenters. The Morgan fingerprint density at radius 3 is 2.16 bits per heavy atom. The number of methoxy groups -OCH3 is 2. The van der Waals surface area contributed by atoms with Crippen LogP contribution in [0.4, 0.5) is 0 Å². The van der Waals surface area contributed by atoms with Crippen molar-refractivity contribution in [3.63, 3.8) is 0 Å². The van der Waals surface area contributed by atoms with E-state index in [1.54, 1.807) is 14.2 Å². The van der Waals surface area contributed by atoms with Crippen molar-refractivity contribution in [2.75, 3.05) is 14.2 Å². The monoisotopic (exact) mass is 407 g/mol. The smallest absolute Gasteiger partial charge is 0.161 e. The molecule has 5 rings (SSSR count). The van der Waals surface area contributed by atoms with Gasteiger partial charge in [-0.3, -0.25) is 0 Å². The molecule has 4 aliphatic rings. The first-order valence-corrected chi connectivity index (χ1v) is 10.2. The first kappa shape index (κ1) is 17.7. The van der Waals surface area contributed by atoms with Crippen LogP contribution in [-0.4, -0.2) is 19.8 Å². The molecular weight excluding hydrogens is 378 g/mol. The minimum atomic E-state index is 0.315. The molecule has 4 heteroatoms. The molecule has 0 aliphatic heterocycles. The average molecular weight is 408 g/mol. The standard InChI is InChI=1S/C21H30BrNO2/c1-19-7-14-8-20(2,11-19)13-21(9-14,12-19)23-10-15-5-17(24-3)18(25-4)6-16(15)22/h5-6,14,23H,7-13H2,1-4H3. The minimum absolute atomic E-state index is 0.315. The van der Waals surface area contributed by atoms with Crippen LogP contribution in [0.1, 0.15) is 57.9 Å². The summed E-state index contributed by atoms with van der Waals surface area (Å²) in [5, 5.41) is 4.00. The molecule has 0 heterocycles. The van der Waals surface area contributed by atoms with E-state index >= 15 is 0 Å². The number of benzene rings is 1. The lowest BCUT2D eigenvalue weighted by Gasteiger charge is -2.65. The maximum absolute atomic E-state index is 5.49. The first-order valence-electron chi connectivity index (χ1n) is 9.43. The van der Waals surface area contributed by atoms with E-state index < -0.39 is 0 Å². The summed E-state index contributed by atoms with van der Waals surface area (Å²) in [6, 6.07) is 4.11. The van der Waals surface area contributed by atoms with Gasteiger partial charge in [0.25, 0.3) is 0 Å². The molecule has 1 aromatic carbocycles. The van der Waals surface area contributed by atoms with Gasteiger partial charge in [0.05, 0.1) is 14.2 Å². The highest BCUT2D eigenvalue weighted by Gasteiger charge is 2.59. The van der Waals surface area contributed by atoms with Crippen molar-refractivity contribution in [1.82, 2.24) is 5.32 Å². The molecule has 0 spiro atoms. The van der Waals surface area contributed by atoms with E-state index in [2.05, 4.69) is 41.2 Å². The Balaban J connectivity index is 1.56. The van der Waals surface area contributed by atoms with Crippen molar-refractivity contribution >= 4 is 15.9 Å². The van der Waals surface area contributed by atoms with Crippen molar-refractivity contribution in [3.05, 3.63) is 22.2 Å². The van der Waals surface area contributed by atoms with Gasteiger partial charge in [-0.1, -0.05) is 29.8 Å². The van der Waals surface area contributed by atoms with Crippen LogP contribution in [-0.2, 0) is 6.54 Å². The van der Waals surface area contributed by atoms with Crippen LogP contribution in [0.3, 0.4) is 0 Å². The second kappa shape index (κ2) is 5.88. The molecule has 25 heavy (non-hydrogen) atoms. The summed E-state index contributed by atoms with van der Waals surface area (Å²) >= 11 is 3.71. The van der Waals surface area contributed by atoms with E-state index in [-0.39, 0.29) is 0 Å². The molecular formula is C21H30BrNO2. The van der Waals surface area contributed by atoms with Crippen molar-refractivity contribution in [2.45, 2.75) is 64.5 Å². The van der Waals surface area contributed by atoms with Crippen molar-refractivity contribution in [3.8, 4) is 11.5 Å². The van der Waals surface area contributed by atoms with Gasteiger partial charge in [0.1, 0.15) is 0 Å². The van der Waals surface area contributed by atoms with Gasteiger partial charge in [0.15, 0.2) is 11.5 Å². The molecule has 4 saturated carbocycles. The van der Waals surface area contributed by atoms with Crippen LogP contribution in [0, 0.1) is 16.7 Å². The first-order chi connectivity index (χ1) is 11.8. The second-order valence-electron chi connectivity index (χ2n) is 9.56. The number of halogens is 1. The highest BCUT2D eigenvalue weighted by Crippen LogP contribution is 2.66. The summed E-state index contributed by atoms with van der Waals surface area (Å²) in [6.07, 6.45) is 8.30. The minimum Gasteiger partial charge on any atom is -0.493 e. The Hall–Kier alpha value is -0.740. The maximum Gasteiger partial charge on any atom is 0.161 e. The number of nitrogens with one attached hydrogen (secondary N) is 1. The summed E-state index contributed by atoms with van der Waals surface area (Å²) in [5.41, 5.74) is 2.63. The van der Waals surface area contributed by atoms with Gasteiger partial charge in [-0.15, -0.1) is 0 Å². The summed E-state index contributed by atoms with van der Waals surface area (Å²) in [4.78, 5) is 0. The van der Waals surface area contributed by atoms with Gasteiger partial charge in [-0.2, -0.15) is 0 Å². The normalized spacial score (nSPS) is 38.8. The van der Waals surface area contributed by atoms with Crippen LogP contribution in [0.15, 0.2) is 16.6 Å². The number of ether oxygens (including phenoxy) is 2. The van der Waals surface area contributed by atoms with Crippen molar-refractivity contribution in [1.29, 1.82) is 0 Å². The Kier molecular flexibility index (Phi) is 4.16. The number of hydrogen-bond donors (Lipinski definition) is 1. The lowest BCUT2D eigenvalue weighted by Crippen LogP contribution is -2.63. The molecule has 0 saturated heterocycles. The highest BCUT2D eigenvalue weighted by atomic mass is 79.9. The molecule has 1 N–H and O–H groups in total. The maximum atomic E-state index is 5.49. The molecule has 138 valence electrons. The predicted molar refractivity (Wildman–Crippen MR) is 104 cm³/mol. The van der Waals surface area contributed by atoms with Gasteiger partial charge >= 0.3 is 0 Å². The Morgan fingerprint density at radius 2 is 1.60 bits per heavy atom. The molecule has 4 bridgehead atoms. The van der Waals surface area contributed by atoms with E-state index in [4.69, 9.17) is 9.47 Å². The van der Waals surface area contributed by atoms with Crippen molar-refractivity contribution < 1.29 is 9.47 Å². The second-order valence-corrected chi connectivity index (χ2v) is 10.4. The molecule has 2 atom stereocenters. The summed E-state index contributed by atoms with van der Waals surface area (Å²) in [7, 11) is 3.38. The number of hydrogen-bond acceptors (Lipinski definition) is 3. The fourth-order valence-corrected chi connectivity index (χ4v) is 7.42. The van der Waals surface area contributed by atoms with Crippen LogP contribution in [0.25, 0.3) is 0 Å². The fraction of sp³-hybridized carbons (Fsp3) is 0.714. The largest absolute Gasteiger partial charge is 0.493 e. The SMILES string of the molecule is COc1cc(Br)c(CNC23CC4CC(C)(CC(C)(C4)C2)C3)cc1OC. The van der Waals surface area contributed by atoms with Crippen LogP contribution in [0.5, 0.6) is 11.5 Å². The van der Waals surface area contributed by atoms with Gasteiger partial charge in [0.2, 0.25) is 0 Å². The summed E-state index contributed by atoms with van der Waals surface area (Å²) < 4.78 is 12.0. The Labute approximate surface area is 160 Å². The zero-order valence-corrected chi connectivity index (χ0v) is 17.5. The summed E-state index contributed by atoms with van der Waals surface area (Å²) in [5.74, 6) is 2.48. The third-order valence-electron chi connectivity index (χ3n) is 6.83. The van der Waals surface area contributed by atoms with Crippen LogP contribution >= 0.6 is 15.9 Å². The van der Waals surface area contributed by atoms with Gasteiger partial charge in [-0.25, -0.2) is 0 Å². The van der Waals surface area contributed by atoms with Gasteiger partial charge in [0, 0.05) is 16.6 Å². The molecule has 4 aliphatic carbocycles. The molecule has 0 amide bonds. The van der Waals surface area contributed by atoms with E-state index in [0.717, 1.165) is 28.4 Å². The third kappa shape index (κ3) is 3.10.